The van der Waals surface area contributed by atoms with Gasteiger partial charge in [-0.05, 0) is 0 Å². The van der Waals surface area contributed by atoms with E-state index >= 15 is 0 Å². The van der Waals surface area contributed by atoms with Crippen LogP contribution in [0.25, 0.3) is 0 Å². The summed E-state index contributed by atoms with van der Waals surface area (Å²) in [5, 5.41) is 2.82. The number of hydrogen-bond donors (Lipinski definition) is 1. The van der Waals surface area contributed by atoms with E-state index in [0.717, 1.165) is 5.56 Å². The molecule has 0 amide bonds. The van der Waals surface area contributed by atoms with Gasteiger partial charge in [-0.15, -0.1) is 0 Å². The highest BCUT2D eigenvalue weighted by Gasteiger charge is 1.99. The second kappa shape index (κ2) is 5.34. The van der Waals surface area contributed by atoms with Crippen molar-refractivity contribution in [1.82, 2.24) is 5.32 Å². The van der Waals surface area contributed by atoms with Crippen molar-refractivity contribution in [3.05, 3.63) is 35.9 Å². The largest absolute Gasteiger partial charge is 0.445 e. The molecule has 0 bridgehead atoms. The molecule has 0 atom stereocenters. The van der Waals surface area contributed by atoms with E-state index in [2.05, 4.69) is 5.32 Å². The fraction of sp³-hybridized carbons (Fsp3) is 0.200. The smallest absolute Gasteiger partial charge is 0.304 e. The topological polar surface area (TPSA) is 38.3 Å². The highest BCUT2D eigenvalue weighted by molar-refractivity contribution is 7.80. The van der Waals surface area contributed by atoms with E-state index < -0.39 is 0 Å². The van der Waals surface area contributed by atoms with Gasteiger partial charge in [0.25, 0.3) is 0 Å². The molecular formula is C10H11NO2S. The van der Waals surface area contributed by atoms with Gasteiger partial charge in [0.15, 0.2) is 6.73 Å². The van der Waals surface area contributed by atoms with Crippen LogP contribution in [0, 0.1) is 0 Å². The number of esters is 1. The van der Waals surface area contributed by atoms with Crippen molar-refractivity contribution in [1.29, 1.82) is 0 Å². The number of carbonyl (C=O) groups is 1. The van der Waals surface area contributed by atoms with Crippen LogP contribution in [0.2, 0.25) is 0 Å². The second-order valence-electron chi connectivity index (χ2n) is 2.65. The monoisotopic (exact) mass is 209 g/mol. The van der Waals surface area contributed by atoms with E-state index in [4.69, 9.17) is 17.0 Å². The zero-order valence-corrected chi connectivity index (χ0v) is 8.64. The standard InChI is InChI=1S/C10H11NO2S/c1-8(12)13-7-11-10(14)9-5-3-2-4-6-9/h2-6H,7H2,1H3,(H,11,14). The maximum absolute atomic E-state index is 10.5. The Hall–Kier alpha value is -1.42. The van der Waals surface area contributed by atoms with Gasteiger partial charge in [0.05, 0.1) is 0 Å². The van der Waals surface area contributed by atoms with E-state index in [1.807, 2.05) is 30.3 Å². The van der Waals surface area contributed by atoms with Crippen molar-refractivity contribution in [3.63, 3.8) is 0 Å². The lowest BCUT2D eigenvalue weighted by atomic mass is 10.2. The molecule has 3 nitrogen and oxygen atoms in total. The lowest BCUT2D eigenvalue weighted by Crippen LogP contribution is -2.26. The molecule has 0 fully saturated rings. The van der Waals surface area contributed by atoms with Crippen molar-refractivity contribution >= 4 is 23.2 Å². The Kier molecular flexibility index (Phi) is 4.07. The predicted molar refractivity (Wildman–Crippen MR) is 57.9 cm³/mol. The molecule has 0 spiro atoms. The van der Waals surface area contributed by atoms with Crippen LogP contribution in [0.5, 0.6) is 0 Å². The van der Waals surface area contributed by atoms with Gasteiger partial charge in [0.2, 0.25) is 0 Å². The number of rotatable bonds is 3. The van der Waals surface area contributed by atoms with E-state index in [1.165, 1.54) is 6.92 Å². The summed E-state index contributed by atoms with van der Waals surface area (Å²) >= 11 is 5.07. The molecule has 0 unspecified atom stereocenters. The minimum Gasteiger partial charge on any atom is -0.445 e. The lowest BCUT2D eigenvalue weighted by Gasteiger charge is -2.07. The van der Waals surface area contributed by atoms with Crippen molar-refractivity contribution in [2.24, 2.45) is 0 Å². The quantitative estimate of drug-likeness (QED) is 0.465. The van der Waals surface area contributed by atoms with Crippen molar-refractivity contribution in [3.8, 4) is 0 Å². The summed E-state index contributed by atoms with van der Waals surface area (Å²) in [4.78, 5) is 11.0. The molecule has 0 radical (unpaired) electrons. The maximum atomic E-state index is 10.5. The summed E-state index contributed by atoms with van der Waals surface area (Å²) < 4.78 is 4.70. The third-order valence-corrected chi connectivity index (χ3v) is 1.92. The number of ether oxygens (including phenoxy) is 1. The highest BCUT2D eigenvalue weighted by Crippen LogP contribution is 1.98. The Labute approximate surface area is 88.1 Å². The summed E-state index contributed by atoms with van der Waals surface area (Å²) in [7, 11) is 0. The number of nitrogens with one attached hydrogen (secondary N) is 1. The molecule has 74 valence electrons. The van der Waals surface area contributed by atoms with Gasteiger partial charge in [-0.1, -0.05) is 42.5 Å². The van der Waals surface area contributed by atoms with Crippen LogP contribution in [-0.2, 0) is 9.53 Å². The van der Waals surface area contributed by atoms with Gasteiger partial charge in [0, 0.05) is 12.5 Å². The summed E-state index contributed by atoms with van der Waals surface area (Å²) in [6, 6.07) is 9.49. The summed E-state index contributed by atoms with van der Waals surface area (Å²) in [6.07, 6.45) is 0. The zero-order chi connectivity index (χ0) is 10.4. The third kappa shape index (κ3) is 3.53. The first-order valence-corrected chi connectivity index (χ1v) is 4.57. The zero-order valence-electron chi connectivity index (χ0n) is 7.82. The number of hydrogen-bond acceptors (Lipinski definition) is 3. The fourth-order valence-corrected chi connectivity index (χ4v) is 1.09. The molecule has 1 N–H and O–H groups in total. The van der Waals surface area contributed by atoms with Gasteiger partial charge in [0.1, 0.15) is 4.99 Å². The molecular weight excluding hydrogens is 198 g/mol. The van der Waals surface area contributed by atoms with Crippen LogP contribution in [0.3, 0.4) is 0 Å². The van der Waals surface area contributed by atoms with Gasteiger partial charge in [-0.25, -0.2) is 0 Å². The average Bonchev–Trinajstić information content (AvgIpc) is 2.18. The predicted octanol–water partition coefficient (Wildman–Crippen LogP) is 1.47. The molecule has 0 saturated carbocycles. The van der Waals surface area contributed by atoms with Crippen molar-refractivity contribution < 1.29 is 9.53 Å². The Balaban J connectivity index is 2.40. The highest BCUT2D eigenvalue weighted by atomic mass is 32.1. The molecule has 14 heavy (non-hydrogen) atoms. The van der Waals surface area contributed by atoms with Crippen molar-refractivity contribution in [2.75, 3.05) is 6.73 Å². The molecule has 0 heterocycles. The molecule has 1 aromatic rings. The Morgan fingerprint density at radius 1 is 1.43 bits per heavy atom. The van der Waals surface area contributed by atoms with Crippen LogP contribution in [0.4, 0.5) is 0 Å². The fourth-order valence-electron chi connectivity index (χ4n) is 0.895. The molecule has 0 aromatic heterocycles. The third-order valence-electron chi connectivity index (χ3n) is 1.54. The van der Waals surface area contributed by atoms with E-state index in [9.17, 15) is 4.79 Å². The lowest BCUT2D eigenvalue weighted by molar-refractivity contribution is -0.141. The number of benzene rings is 1. The van der Waals surface area contributed by atoms with E-state index in [0.29, 0.717) is 4.99 Å². The van der Waals surface area contributed by atoms with Gasteiger partial charge >= 0.3 is 5.97 Å². The van der Waals surface area contributed by atoms with Crippen LogP contribution in [0.15, 0.2) is 30.3 Å². The van der Waals surface area contributed by atoms with Gasteiger partial charge < -0.3 is 10.1 Å². The minimum atomic E-state index is -0.326. The maximum Gasteiger partial charge on any atom is 0.304 e. The minimum absolute atomic E-state index is 0.114. The Morgan fingerprint density at radius 2 is 2.07 bits per heavy atom. The summed E-state index contributed by atoms with van der Waals surface area (Å²) in [5.41, 5.74) is 0.912. The van der Waals surface area contributed by atoms with Crippen LogP contribution >= 0.6 is 12.2 Å². The summed E-state index contributed by atoms with van der Waals surface area (Å²) in [6.45, 7) is 1.47. The number of thiocarbonyl (C=S) groups is 1. The molecule has 4 heteroatoms. The molecule has 0 aliphatic carbocycles. The van der Waals surface area contributed by atoms with E-state index in [-0.39, 0.29) is 12.7 Å². The Morgan fingerprint density at radius 3 is 2.64 bits per heavy atom. The van der Waals surface area contributed by atoms with Crippen LogP contribution in [0.1, 0.15) is 12.5 Å². The molecule has 0 saturated heterocycles. The first kappa shape index (κ1) is 10.7. The first-order valence-electron chi connectivity index (χ1n) is 4.17. The van der Waals surface area contributed by atoms with E-state index in [1.54, 1.807) is 0 Å². The SMILES string of the molecule is CC(=O)OCNC(=S)c1ccccc1. The molecule has 0 aliphatic rings. The Bertz CT molecular complexity index is 324. The van der Waals surface area contributed by atoms with Crippen molar-refractivity contribution in [2.45, 2.75) is 6.92 Å². The molecule has 1 aromatic carbocycles. The molecule has 0 aliphatic heterocycles. The second-order valence-corrected chi connectivity index (χ2v) is 3.06. The van der Waals surface area contributed by atoms with Crippen LogP contribution in [-0.4, -0.2) is 17.7 Å². The average molecular weight is 209 g/mol. The van der Waals surface area contributed by atoms with Crippen LogP contribution < -0.4 is 5.32 Å². The summed E-state index contributed by atoms with van der Waals surface area (Å²) in [5.74, 6) is -0.326. The van der Waals surface area contributed by atoms with Gasteiger partial charge in [-0.2, -0.15) is 0 Å². The first-order chi connectivity index (χ1) is 6.70. The normalized spacial score (nSPS) is 9.21. The van der Waals surface area contributed by atoms with Gasteiger partial charge in [-0.3, -0.25) is 4.79 Å². The molecule has 1 rings (SSSR count). The number of carbonyl (C=O) groups excluding carboxylic acids is 1.